The molecule has 3 aromatic rings. The average molecular weight is 368 g/mol. The van der Waals surface area contributed by atoms with Crippen LogP contribution < -0.4 is 0 Å². The lowest BCUT2D eigenvalue weighted by molar-refractivity contribution is 0.598. The largest absolute Gasteiger partial charge is 0.323 e. The first-order valence-corrected chi connectivity index (χ1v) is 7.96. The van der Waals surface area contributed by atoms with Crippen LogP contribution in [0.25, 0.3) is 11.0 Å². The topological polar surface area (TPSA) is 17.8 Å². The fourth-order valence-corrected chi connectivity index (χ4v) is 2.92. The first kappa shape index (κ1) is 14.5. The van der Waals surface area contributed by atoms with Gasteiger partial charge in [-0.15, -0.1) is 11.6 Å². The standard InChI is InChI=1S/C16H13BrClFN2/c17-12-5-6-15-14(9-12)20-16(7-8-18)21(15)10-11-3-1-2-4-13(11)19/h1-6,9H,7-8,10H2. The van der Waals surface area contributed by atoms with E-state index in [-0.39, 0.29) is 5.82 Å². The third-order valence-corrected chi connectivity index (χ3v) is 4.08. The van der Waals surface area contributed by atoms with E-state index in [1.54, 1.807) is 12.1 Å². The molecule has 0 N–H and O–H groups in total. The van der Waals surface area contributed by atoms with Crippen molar-refractivity contribution in [2.75, 3.05) is 5.88 Å². The molecule has 0 saturated carbocycles. The van der Waals surface area contributed by atoms with E-state index in [2.05, 4.69) is 20.9 Å². The Morgan fingerprint density at radius 3 is 2.76 bits per heavy atom. The highest BCUT2D eigenvalue weighted by Crippen LogP contribution is 2.23. The highest BCUT2D eigenvalue weighted by Gasteiger charge is 2.12. The van der Waals surface area contributed by atoms with Crippen molar-refractivity contribution >= 4 is 38.6 Å². The fraction of sp³-hybridized carbons (Fsp3) is 0.188. The fourth-order valence-electron chi connectivity index (χ4n) is 2.40. The lowest BCUT2D eigenvalue weighted by Crippen LogP contribution is -2.07. The molecule has 2 nitrogen and oxygen atoms in total. The Balaban J connectivity index is 2.11. The van der Waals surface area contributed by atoms with Gasteiger partial charge in [-0.25, -0.2) is 9.37 Å². The Labute approximate surface area is 135 Å². The van der Waals surface area contributed by atoms with E-state index >= 15 is 0 Å². The first-order chi connectivity index (χ1) is 10.2. The number of hydrogen-bond acceptors (Lipinski definition) is 1. The van der Waals surface area contributed by atoms with E-state index in [9.17, 15) is 4.39 Å². The van der Waals surface area contributed by atoms with E-state index in [0.717, 1.165) is 21.3 Å². The minimum Gasteiger partial charge on any atom is -0.323 e. The molecule has 0 fully saturated rings. The highest BCUT2D eigenvalue weighted by molar-refractivity contribution is 9.10. The Morgan fingerprint density at radius 2 is 2.00 bits per heavy atom. The number of nitrogens with zero attached hydrogens (tertiary/aromatic N) is 2. The summed E-state index contributed by atoms with van der Waals surface area (Å²) in [6.45, 7) is 0.455. The second-order valence-corrected chi connectivity index (χ2v) is 6.07. The van der Waals surface area contributed by atoms with Crippen LogP contribution in [0.2, 0.25) is 0 Å². The van der Waals surface area contributed by atoms with E-state index in [0.29, 0.717) is 24.4 Å². The summed E-state index contributed by atoms with van der Waals surface area (Å²) in [5, 5.41) is 0. The Morgan fingerprint density at radius 1 is 1.19 bits per heavy atom. The zero-order valence-corrected chi connectivity index (χ0v) is 13.5. The molecular weight excluding hydrogens is 355 g/mol. The second-order valence-electron chi connectivity index (χ2n) is 4.78. The van der Waals surface area contributed by atoms with Crippen molar-refractivity contribution in [3.8, 4) is 0 Å². The van der Waals surface area contributed by atoms with Gasteiger partial charge in [-0.1, -0.05) is 34.1 Å². The minimum absolute atomic E-state index is 0.201. The van der Waals surface area contributed by atoms with Crippen LogP contribution >= 0.6 is 27.5 Å². The van der Waals surface area contributed by atoms with Gasteiger partial charge in [0.25, 0.3) is 0 Å². The lowest BCUT2D eigenvalue weighted by Gasteiger charge is -2.09. The molecule has 21 heavy (non-hydrogen) atoms. The molecule has 0 amide bonds. The summed E-state index contributed by atoms with van der Waals surface area (Å²) in [4.78, 5) is 4.62. The molecule has 0 unspecified atom stereocenters. The van der Waals surface area contributed by atoms with Gasteiger partial charge < -0.3 is 4.57 Å². The van der Waals surface area contributed by atoms with Gasteiger partial charge in [0, 0.05) is 22.3 Å². The van der Waals surface area contributed by atoms with Crippen LogP contribution in [0.3, 0.4) is 0 Å². The predicted octanol–water partition coefficient (Wildman–Crippen LogP) is 4.77. The van der Waals surface area contributed by atoms with Crippen LogP contribution in [-0.2, 0) is 13.0 Å². The maximum absolute atomic E-state index is 13.9. The molecule has 0 bridgehead atoms. The van der Waals surface area contributed by atoms with Gasteiger partial charge >= 0.3 is 0 Å². The number of aromatic nitrogens is 2. The summed E-state index contributed by atoms with van der Waals surface area (Å²) < 4.78 is 16.9. The van der Waals surface area contributed by atoms with E-state index < -0.39 is 0 Å². The smallest absolute Gasteiger partial charge is 0.128 e. The predicted molar refractivity (Wildman–Crippen MR) is 87.4 cm³/mol. The van der Waals surface area contributed by atoms with Crippen LogP contribution in [-0.4, -0.2) is 15.4 Å². The van der Waals surface area contributed by atoms with Crippen molar-refractivity contribution in [1.82, 2.24) is 9.55 Å². The summed E-state index contributed by atoms with van der Waals surface area (Å²) in [5.41, 5.74) is 2.53. The molecule has 0 saturated heterocycles. The summed E-state index contributed by atoms with van der Waals surface area (Å²) in [6, 6.07) is 12.7. The Kier molecular flexibility index (Phi) is 4.27. The van der Waals surface area contributed by atoms with Crippen molar-refractivity contribution in [2.24, 2.45) is 0 Å². The molecule has 1 heterocycles. The monoisotopic (exact) mass is 366 g/mol. The van der Waals surface area contributed by atoms with Crippen LogP contribution in [0.15, 0.2) is 46.9 Å². The molecule has 1 aromatic heterocycles. The normalized spacial score (nSPS) is 11.2. The van der Waals surface area contributed by atoms with E-state index in [1.807, 2.05) is 28.8 Å². The molecule has 0 aliphatic heterocycles. The van der Waals surface area contributed by atoms with Crippen molar-refractivity contribution in [3.05, 3.63) is 64.1 Å². The molecule has 0 radical (unpaired) electrons. The molecule has 0 aliphatic rings. The summed E-state index contributed by atoms with van der Waals surface area (Å²) in [6.07, 6.45) is 0.655. The Hall–Kier alpha value is -1.39. The number of benzene rings is 2. The average Bonchev–Trinajstić information content (AvgIpc) is 2.79. The molecular formula is C16H13BrClFN2. The third kappa shape index (κ3) is 2.97. The number of imidazole rings is 1. The molecule has 0 aliphatic carbocycles. The number of alkyl halides is 1. The zero-order chi connectivity index (χ0) is 14.8. The SMILES string of the molecule is Fc1ccccc1Cn1c(CCCl)nc2cc(Br)ccc21. The Bertz CT molecular complexity index is 785. The summed E-state index contributed by atoms with van der Waals surface area (Å²) in [5.74, 6) is 1.16. The van der Waals surface area contributed by atoms with Crippen molar-refractivity contribution in [1.29, 1.82) is 0 Å². The third-order valence-electron chi connectivity index (χ3n) is 3.39. The van der Waals surface area contributed by atoms with Gasteiger partial charge in [0.1, 0.15) is 11.6 Å². The van der Waals surface area contributed by atoms with Crippen LogP contribution in [0, 0.1) is 5.82 Å². The molecule has 3 rings (SSSR count). The lowest BCUT2D eigenvalue weighted by atomic mass is 10.2. The molecule has 2 aromatic carbocycles. The molecule has 0 atom stereocenters. The van der Waals surface area contributed by atoms with Crippen molar-refractivity contribution in [2.45, 2.75) is 13.0 Å². The van der Waals surface area contributed by atoms with Gasteiger partial charge in [-0.3, -0.25) is 0 Å². The minimum atomic E-state index is -0.201. The van der Waals surface area contributed by atoms with Gasteiger partial charge in [0.2, 0.25) is 0 Å². The summed E-state index contributed by atoms with van der Waals surface area (Å²) in [7, 11) is 0. The number of hydrogen-bond donors (Lipinski definition) is 0. The first-order valence-electron chi connectivity index (χ1n) is 6.63. The van der Waals surface area contributed by atoms with Gasteiger partial charge in [0.05, 0.1) is 17.6 Å². The highest BCUT2D eigenvalue weighted by atomic mass is 79.9. The number of halogens is 3. The molecule has 108 valence electrons. The maximum Gasteiger partial charge on any atom is 0.128 e. The van der Waals surface area contributed by atoms with E-state index in [1.165, 1.54) is 6.07 Å². The van der Waals surface area contributed by atoms with Gasteiger partial charge in [-0.2, -0.15) is 0 Å². The quantitative estimate of drug-likeness (QED) is 0.608. The number of fused-ring (bicyclic) bond motifs is 1. The van der Waals surface area contributed by atoms with Crippen LogP contribution in [0.1, 0.15) is 11.4 Å². The molecule has 5 heteroatoms. The van der Waals surface area contributed by atoms with Crippen molar-refractivity contribution < 1.29 is 4.39 Å². The maximum atomic E-state index is 13.9. The summed E-state index contributed by atoms with van der Waals surface area (Å²) >= 11 is 9.31. The van der Waals surface area contributed by atoms with Crippen molar-refractivity contribution in [3.63, 3.8) is 0 Å². The second kappa shape index (κ2) is 6.16. The number of aryl methyl sites for hydroxylation is 1. The van der Waals surface area contributed by atoms with Gasteiger partial charge in [0.15, 0.2) is 0 Å². The molecule has 0 spiro atoms. The zero-order valence-electron chi connectivity index (χ0n) is 11.2. The number of rotatable bonds is 4. The van der Waals surface area contributed by atoms with Gasteiger partial charge in [-0.05, 0) is 24.3 Å². The van der Waals surface area contributed by atoms with Crippen LogP contribution in [0.5, 0.6) is 0 Å². The van der Waals surface area contributed by atoms with Crippen LogP contribution in [0.4, 0.5) is 4.39 Å². The van der Waals surface area contributed by atoms with E-state index in [4.69, 9.17) is 11.6 Å².